The predicted molar refractivity (Wildman–Crippen MR) is 128 cm³/mol. The van der Waals surface area contributed by atoms with E-state index in [4.69, 9.17) is 9.15 Å². The second-order valence-corrected chi connectivity index (χ2v) is 9.19. The quantitative estimate of drug-likeness (QED) is 0.447. The van der Waals surface area contributed by atoms with Crippen molar-refractivity contribution in [3.05, 3.63) is 76.4 Å². The lowest BCUT2D eigenvalue weighted by molar-refractivity contribution is -0.127. The fourth-order valence-electron chi connectivity index (χ4n) is 4.31. The molecule has 1 fully saturated rings. The van der Waals surface area contributed by atoms with Crippen LogP contribution < -0.4 is 10.1 Å². The first kappa shape index (κ1) is 23.1. The first-order chi connectivity index (χ1) is 16.2. The molecule has 174 valence electrons. The van der Waals surface area contributed by atoms with Crippen molar-refractivity contribution in [3.8, 4) is 5.75 Å². The number of nitrogens with one attached hydrogen (secondary N) is 1. The average Bonchev–Trinajstić information content (AvgIpc) is 3.55. The third kappa shape index (κ3) is 5.85. The zero-order valence-electron chi connectivity index (χ0n) is 18.9. The molecule has 2 aromatic heterocycles. The Morgan fingerprint density at radius 1 is 1.12 bits per heavy atom. The van der Waals surface area contributed by atoms with E-state index >= 15 is 0 Å². The monoisotopic (exact) mass is 466 g/mol. The molecule has 1 aliphatic carbocycles. The van der Waals surface area contributed by atoms with E-state index in [-0.39, 0.29) is 24.4 Å². The summed E-state index contributed by atoms with van der Waals surface area (Å²) < 4.78 is 11.1. The SMILES string of the molecule is CCOc1ccc(C(C(=O)NC2CCCCC2)N(Cc2ccco2)C(=O)c2cccs2)cc1. The number of rotatable bonds is 9. The van der Waals surface area contributed by atoms with Gasteiger partial charge in [-0.2, -0.15) is 0 Å². The molecule has 33 heavy (non-hydrogen) atoms. The van der Waals surface area contributed by atoms with Crippen molar-refractivity contribution < 1.29 is 18.7 Å². The Morgan fingerprint density at radius 2 is 1.91 bits per heavy atom. The van der Waals surface area contributed by atoms with Gasteiger partial charge in [0.05, 0.1) is 24.3 Å². The lowest BCUT2D eigenvalue weighted by Gasteiger charge is -2.32. The summed E-state index contributed by atoms with van der Waals surface area (Å²) in [6.07, 6.45) is 6.96. The molecule has 2 heterocycles. The normalized spacial score (nSPS) is 15.1. The predicted octanol–water partition coefficient (Wildman–Crippen LogP) is 5.57. The van der Waals surface area contributed by atoms with Gasteiger partial charge in [0.15, 0.2) is 0 Å². The maximum absolute atomic E-state index is 13.7. The van der Waals surface area contributed by atoms with Crippen molar-refractivity contribution in [2.75, 3.05) is 6.61 Å². The van der Waals surface area contributed by atoms with Gasteiger partial charge in [-0.3, -0.25) is 9.59 Å². The van der Waals surface area contributed by atoms with E-state index in [2.05, 4.69) is 5.32 Å². The molecule has 7 heteroatoms. The van der Waals surface area contributed by atoms with E-state index in [0.29, 0.717) is 17.2 Å². The number of hydrogen-bond donors (Lipinski definition) is 1. The number of benzene rings is 1. The van der Waals surface area contributed by atoms with Gasteiger partial charge >= 0.3 is 0 Å². The molecule has 0 radical (unpaired) electrons. The standard InChI is InChI=1S/C26H30N2O4S/c1-2-31-21-14-12-19(13-15-21)24(25(29)27-20-8-4-3-5-9-20)28(18-22-10-6-16-32-22)26(30)23-11-7-17-33-23/h6-7,10-17,20,24H,2-5,8-9,18H2,1H3,(H,27,29). The Balaban J connectivity index is 1.69. The van der Waals surface area contributed by atoms with Crippen LogP contribution in [0.4, 0.5) is 0 Å². The van der Waals surface area contributed by atoms with Crippen LogP contribution in [-0.2, 0) is 11.3 Å². The number of nitrogens with zero attached hydrogens (tertiary/aromatic N) is 1. The molecule has 1 aliphatic rings. The highest BCUT2D eigenvalue weighted by Crippen LogP contribution is 2.29. The lowest BCUT2D eigenvalue weighted by atomic mass is 9.94. The number of carbonyl (C=O) groups excluding carboxylic acids is 2. The van der Waals surface area contributed by atoms with E-state index in [9.17, 15) is 9.59 Å². The van der Waals surface area contributed by atoms with Gasteiger partial charge in [0.2, 0.25) is 5.91 Å². The Bertz CT molecular complexity index is 1010. The van der Waals surface area contributed by atoms with E-state index in [1.54, 1.807) is 23.3 Å². The summed E-state index contributed by atoms with van der Waals surface area (Å²) >= 11 is 1.37. The Labute approximate surface area is 198 Å². The third-order valence-corrected chi connectivity index (χ3v) is 6.78. The summed E-state index contributed by atoms with van der Waals surface area (Å²) in [5, 5.41) is 5.09. The summed E-state index contributed by atoms with van der Waals surface area (Å²) in [6.45, 7) is 2.69. The van der Waals surface area contributed by atoms with Gasteiger partial charge in [-0.05, 0) is 61.0 Å². The van der Waals surface area contributed by atoms with Crippen LogP contribution >= 0.6 is 11.3 Å². The van der Waals surface area contributed by atoms with Crippen molar-refractivity contribution in [1.82, 2.24) is 10.2 Å². The molecule has 1 unspecified atom stereocenters. The molecule has 0 spiro atoms. The minimum Gasteiger partial charge on any atom is -0.494 e. The number of thiophene rings is 1. The largest absolute Gasteiger partial charge is 0.494 e. The zero-order valence-corrected chi connectivity index (χ0v) is 19.7. The van der Waals surface area contributed by atoms with Crippen molar-refractivity contribution in [2.24, 2.45) is 0 Å². The van der Waals surface area contributed by atoms with Crippen LogP contribution in [0.3, 0.4) is 0 Å². The maximum atomic E-state index is 13.7. The highest BCUT2D eigenvalue weighted by molar-refractivity contribution is 7.12. The molecule has 2 amide bonds. The molecular formula is C26H30N2O4S. The topological polar surface area (TPSA) is 71.8 Å². The first-order valence-corrected chi connectivity index (χ1v) is 12.4. The minimum atomic E-state index is -0.790. The summed E-state index contributed by atoms with van der Waals surface area (Å²) in [6, 6.07) is 14.0. The summed E-state index contributed by atoms with van der Waals surface area (Å²) in [5.41, 5.74) is 0.739. The van der Waals surface area contributed by atoms with Gasteiger partial charge in [0.25, 0.3) is 5.91 Å². The number of amides is 2. The molecule has 1 saturated carbocycles. The van der Waals surface area contributed by atoms with Gasteiger partial charge < -0.3 is 19.4 Å². The Hall–Kier alpha value is -3.06. The summed E-state index contributed by atoms with van der Waals surface area (Å²) in [7, 11) is 0. The Kier molecular flexibility index (Phi) is 7.83. The smallest absolute Gasteiger partial charge is 0.265 e. The highest BCUT2D eigenvalue weighted by atomic mass is 32.1. The number of hydrogen-bond acceptors (Lipinski definition) is 5. The van der Waals surface area contributed by atoms with E-state index < -0.39 is 6.04 Å². The first-order valence-electron chi connectivity index (χ1n) is 11.6. The third-order valence-electron chi connectivity index (χ3n) is 5.92. The number of ether oxygens (including phenoxy) is 1. The minimum absolute atomic E-state index is 0.138. The number of carbonyl (C=O) groups is 2. The molecule has 3 aromatic rings. The van der Waals surface area contributed by atoms with Crippen LogP contribution in [0, 0.1) is 0 Å². The summed E-state index contributed by atoms with van der Waals surface area (Å²) in [4.78, 5) is 29.5. The molecule has 6 nitrogen and oxygen atoms in total. The van der Waals surface area contributed by atoms with E-state index in [1.165, 1.54) is 17.8 Å². The number of furan rings is 1. The Morgan fingerprint density at radius 3 is 2.55 bits per heavy atom. The fourth-order valence-corrected chi connectivity index (χ4v) is 4.98. The molecule has 1 N–H and O–H groups in total. The molecule has 1 aromatic carbocycles. The molecule has 1 atom stereocenters. The van der Waals surface area contributed by atoms with Crippen LogP contribution in [0.5, 0.6) is 5.75 Å². The van der Waals surface area contributed by atoms with Crippen molar-refractivity contribution >= 4 is 23.2 Å². The van der Waals surface area contributed by atoms with E-state index in [1.807, 2.05) is 48.7 Å². The zero-order chi connectivity index (χ0) is 23.0. The molecule has 4 rings (SSSR count). The van der Waals surface area contributed by atoms with Crippen LogP contribution in [-0.4, -0.2) is 29.4 Å². The average molecular weight is 467 g/mol. The van der Waals surface area contributed by atoms with Crippen molar-refractivity contribution in [2.45, 2.75) is 57.7 Å². The van der Waals surface area contributed by atoms with Crippen molar-refractivity contribution in [3.63, 3.8) is 0 Å². The lowest BCUT2D eigenvalue weighted by Crippen LogP contribution is -2.46. The molecule has 0 aliphatic heterocycles. The van der Waals surface area contributed by atoms with Gasteiger partial charge in [0.1, 0.15) is 17.6 Å². The molecular weight excluding hydrogens is 436 g/mol. The van der Waals surface area contributed by atoms with Crippen LogP contribution in [0.1, 0.15) is 66.1 Å². The van der Waals surface area contributed by atoms with Crippen molar-refractivity contribution in [1.29, 1.82) is 0 Å². The second-order valence-electron chi connectivity index (χ2n) is 8.24. The maximum Gasteiger partial charge on any atom is 0.265 e. The van der Waals surface area contributed by atoms with Crippen LogP contribution in [0.15, 0.2) is 64.6 Å². The highest BCUT2D eigenvalue weighted by Gasteiger charge is 2.34. The summed E-state index contributed by atoms with van der Waals surface area (Å²) in [5.74, 6) is 0.998. The van der Waals surface area contributed by atoms with E-state index in [0.717, 1.165) is 37.0 Å². The molecule has 0 bridgehead atoms. The van der Waals surface area contributed by atoms with Gasteiger partial charge in [0, 0.05) is 6.04 Å². The van der Waals surface area contributed by atoms with Gasteiger partial charge in [-0.15, -0.1) is 11.3 Å². The van der Waals surface area contributed by atoms with Crippen LogP contribution in [0.2, 0.25) is 0 Å². The molecule has 0 saturated heterocycles. The fraction of sp³-hybridized carbons (Fsp3) is 0.385. The van der Waals surface area contributed by atoms with Crippen LogP contribution in [0.25, 0.3) is 0 Å². The van der Waals surface area contributed by atoms with Gasteiger partial charge in [-0.1, -0.05) is 37.5 Å². The van der Waals surface area contributed by atoms with Gasteiger partial charge in [-0.25, -0.2) is 0 Å². The second kappa shape index (κ2) is 11.2.